The van der Waals surface area contributed by atoms with Crippen molar-refractivity contribution in [2.24, 2.45) is 5.92 Å². The minimum absolute atomic E-state index is 0.0305. The minimum atomic E-state index is -0.893. The van der Waals surface area contributed by atoms with Gasteiger partial charge in [-0.25, -0.2) is 4.79 Å². The molecular formula is C25H37N3O4S. The van der Waals surface area contributed by atoms with Crippen LogP contribution in [-0.2, 0) is 16.1 Å². The molecule has 1 aromatic rings. The van der Waals surface area contributed by atoms with E-state index in [2.05, 4.69) is 17.1 Å². The molecule has 0 aromatic carbocycles. The molecule has 1 aliphatic carbocycles. The Bertz CT molecular complexity index is 856. The first-order valence-electron chi connectivity index (χ1n) is 12.6. The molecule has 2 amide bonds. The number of carboxylic acids is 1. The number of rotatable bonds is 8. The fraction of sp³-hybridized carbons (Fsp3) is 0.720. The lowest BCUT2D eigenvalue weighted by molar-refractivity contribution is -0.162. The van der Waals surface area contributed by atoms with E-state index in [1.165, 1.54) is 43.4 Å². The number of carboxylic acid groups (broad SMARTS) is 1. The Morgan fingerprint density at radius 1 is 1.18 bits per heavy atom. The highest BCUT2D eigenvalue weighted by Crippen LogP contribution is 2.36. The predicted molar refractivity (Wildman–Crippen MR) is 128 cm³/mol. The zero-order valence-electron chi connectivity index (χ0n) is 19.7. The fourth-order valence-electron chi connectivity index (χ4n) is 5.81. The van der Waals surface area contributed by atoms with Crippen molar-refractivity contribution in [2.45, 2.75) is 89.3 Å². The van der Waals surface area contributed by atoms with Gasteiger partial charge in [0.15, 0.2) is 0 Å². The highest BCUT2D eigenvalue weighted by molar-refractivity contribution is 7.13. The van der Waals surface area contributed by atoms with Gasteiger partial charge >= 0.3 is 5.97 Å². The molecule has 1 spiro atoms. The SMILES string of the molecule is CCCCN1C(=O)C(CC2CCCCC2)NC(=O)C12CCN(Cc1ccc(C(=O)O)s1)CC2. The van der Waals surface area contributed by atoms with Gasteiger partial charge in [0.2, 0.25) is 11.8 Å². The summed E-state index contributed by atoms with van der Waals surface area (Å²) in [5.41, 5.74) is -0.743. The van der Waals surface area contributed by atoms with E-state index in [-0.39, 0.29) is 17.9 Å². The highest BCUT2D eigenvalue weighted by Gasteiger charge is 2.53. The maximum Gasteiger partial charge on any atom is 0.345 e. The molecule has 1 unspecified atom stereocenters. The Morgan fingerprint density at radius 3 is 2.55 bits per heavy atom. The lowest BCUT2D eigenvalue weighted by Crippen LogP contribution is -2.73. The molecule has 1 atom stereocenters. The fourth-order valence-corrected chi connectivity index (χ4v) is 6.70. The molecule has 3 fully saturated rings. The van der Waals surface area contributed by atoms with Crippen molar-refractivity contribution in [2.75, 3.05) is 19.6 Å². The monoisotopic (exact) mass is 475 g/mol. The van der Waals surface area contributed by atoms with Crippen LogP contribution in [0.25, 0.3) is 0 Å². The number of amides is 2. The van der Waals surface area contributed by atoms with Gasteiger partial charge in [0, 0.05) is 31.1 Å². The highest BCUT2D eigenvalue weighted by atomic mass is 32.1. The Hall–Kier alpha value is -1.93. The van der Waals surface area contributed by atoms with Crippen molar-refractivity contribution in [3.8, 4) is 0 Å². The number of thiophene rings is 1. The number of hydrogen-bond donors (Lipinski definition) is 2. The van der Waals surface area contributed by atoms with Crippen LogP contribution in [-0.4, -0.2) is 63.9 Å². The zero-order valence-corrected chi connectivity index (χ0v) is 20.5. The second-order valence-corrected chi connectivity index (χ2v) is 11.2. The van der Waals surface area contributed by atoms with Crippen molar-refractivity contribution in [3.63, 3.8) is 0 Å². The second kappa shape index (κ2) is 10.6. The number of aromatic carboxylic acids is 1. The number of carbonyl (C=O) groups excluding carboxylic acids is 2. The average Bonchev–Trinajstić information content (AvgIpc) is 3.28. The topological polar surface area (TPSA) is 90.0 Å². The van der Waals surface area contributed by atoms with Crippen LogP contribution < -0.4 is 5.32 Å². The van der Waals surface area contributed by atoms with Gasteiger partial charge in [-0.15, -0.1) is 11.3 Å². The summed E-state index contributed by atoms with van der Waals surface area (Å²) in [6.07, 6.45) is 10.0. The summed E-state index contributed by atoms with van der Waals surface area (Å²) < 4.78 is 0. The first-order valence-corrected chi connectivity index (χ1v) is 13.4. The number of carbonyl (C=O) groups is 3. The Labute approximate surface area is 200 Å². The van der Waals surface area contributed by atoms with Crippen molar-refractivity contribution in [1.29, 1.82) is 0 Å². The Kier molecular flexibility index (Phi) is 7.74. The summed E-state index contributed by atoms with van der Waals surface area (Å²) in [5, 5.41) is 12.3. The van der Waals surface area contributed by atoms with E-state index in [9.17, 15) is 14.4 Å². The van der Waals surface area contributed by atoms with E-state index in [1.54, 1.807) is 6.07 Å². The second-order valence-electron chi connectivity index (χ2n) is 9.99. The van der Waals surface area contributed by atoms with Crippen LogP contribution in [0.4, 0.5) is 0 Å². The van der Waals surface area contributed by atoms with Crippen LogP contribution in [0, 0.1) is 5.92 Å². The van der Waals surface area contributed by atoms with Gasteiger partial charge in [-0.3, -0.25) is 14.5 Å². The summed E-state index contributed by atoms with van der Waals surface area (Å²) in [5.74, 6) is -0.205. The maximum absolute atomic E-state index is 13.6. The van der Waals surface area contributed by atoms with Gasteiger partial charge < -0.3 is 15.3 Å². The van der Waals surface area contributed by atoms with Crippen LogP contribution >= 0.6 is 11.3 Å². The summed E-state index contributed by atoms with van der Waals surface area (Å²) in [4.78, 5) is 43.8. The molecular weight excluding hydrogens is 438 g/mol. The van der Waals surface area contributed by atoms with Crippen molar-refractivity contribution in [1.82, 2.24) is 15.1 Å². The van der Waals surface area contributed by atoms with Crippen LogP contribution in [0.3, 0.4) is 0 Å². The molecule has 7 nitrogen and oxygen atoms in total. The molecule has 0 bridgehead atoms. The third-order valence-electron chi connectivity index (χ3n) is 7.77. The number of nitrogens with one attached hydrogen (secondary N) is 1. The molecule has 182 valence electrons. The van der Waals surface area contributed by atoms with Crippen molar-refractivity contribution >= 4 is 29.1 Å². The van der Waals surface area contributed by atoms with Gasteiger partial charge in [0.1, 0.15) is 16.5 Å². The van der Waals surface area contributed by atoms with Gasteiger partial charge in [0.25, 0.3) is 0 Å². The van der Waals surface area contributed by atoms with Gasteiger partial charge in [-0.05, 0) is 43.7 Å². The Balaban J connectivity index is 1.43. The molecule has 2 aliphatic heterocycles. The maximum atomic E-state index is 13.6. The summed E-state index contributed by atoms with van der Waals surface area (Å²) in [6, 6.07) is 3.15. The van der Waals surface area contributed by atoms with Crippen LogP contribution in [0.2, 0.25) is 0 Å². The number of piperazine rings is 1. The van der Waals surface area contributed by atoms with E-state index in [4.69, 9.17) is 5.11 Å². The molecule has 0 radical (unpaired) electrons. The number of nitrogens with zero attached hydrogens (tertiary/aromatic N) is 2. The van der Waals surface area contributed by atoms with Gasteiger partial charge in [0.05, 0.1) is 0 Å². The first kappa shape index (κ1) is 24.2. The molecule has 4 rings (SSSR count). The first-order chi connectivity index (χ1) is 15.9. The molecule has 3 aliphatic rings. The quantitative estimate of drug-likeness (QED) is 0.596. The van der Waals surface area contributed by atoms with Crippen molar-refractivity contribution < 1.29 is 19.5 Å². The van der Waals surface area contributed by atoms with Crippen LogP contribution in [0.15, 0.2) is 12.1 Å². The number of hydrogen-bond acceptors (Lipinski definition) is 5. The number of likely N-dealkylation sites (tertiary alicyclic amines) is 1. The lowest BCUT2D eigenvalue weighted by Gasteiger charge is -2.52. The summed E-state index contributed by atoms with van der Waals surface area (Å²) in [7, 11) is 0. The normalized spacial score (nSPS) is 24.3. The average molecular weight is 476 g/mol. The summed E-state index contributed by atoms with van der Waals surface area (Å²) in [6.45, 7) is 4.89. The standard InChI is InChI=1S/C25H37N3O4S/c1-2-3-13-28-22(29)20(16-18-7-5-4-6-8-18)26-24(32)25(28)11-14-27(15-12-25)17-19-9-10-21(33-19)23(30)31/h9-10,18,20H,2-8,11-17H2,1H3,(H,26,32)(H,30,31). The summed E-state index contributed by atoms with van der Waals surface area (Å²) >= 11 is 1.31. The smallest absolute Gasteiger partial charge is 0.345 e. The molecule has 33 heavy (non-hydrogen) atoms. The lowest BCUT2D eigenvalue weighted by atomic mass is 9.79. The van der Waals surface area contributed by atoms with Gasteiger partial charge in [-0.1, -0.05) is 45.4 Å². The molecule has 3 heterocycles. The van der Waals surface area contributed by atoms with Crippen LogP contribution in [0.5, 0.6) is 0 Å². The van der Waals surface area contributed by atoms with E-state index in [0.717, 1.165) is 37.2 Å². The molecule has 1 saturated carbocycles. The minimum Gasteiger partial charge on any atom is -0.477 e. The molecule has 2 N–H and O–H groups in total. The predicted octanol–water partition coefficient (Wildman–Crippen LogP) is 3.88. The van der Waals surface area contributed by atoms with Gasteiger partial charge in [-0.2, -0.15) is 0 Å². The van der Waals surface area contributed by atoms with E-state index >= 15 is 0 Å². The molecule has 2 saturated heterocycles. The number of piperidine rings is 1. The number of unbranched alkanes of at least 4 members (excludes halogenated alkanes) is 1. The zero-order chi connectivity index (χ0) is 23.4. The van der Waals surface area contributed by atoms with Crippen LogP contribution in [0.1, 0.15) is 85.7 Å². The third-order valence-corrected chi connectivity index (χ3v) is 8.83. The molecule has 8 heteroatoms. The van der Waals surface area contributed by atoms with E-state index in [0.29, 0.717) is 36.7 Å². The van der Waals surface area contributed by atoms with Crippen molar-refractivity contribution in [3.05, 3.63) is 21.9 Å². The largest absolute Gasteiger partial charge is 0.477 e. The Morgan fingerprint density at radius 2 is 1.91 bits per heavy atom. The molecule has 1 aromatic heterocycles. The van der Waals surface area contributed by atoms with E-state index < -0.39 is 11.5 Å². The van der Waals surface area contributed by atoms with E-state index in [1.807, 2.05) is 11.0 Å². The third kappa shape index (κ3) is 5.27.